The van der Waals surface area contributed by atoms with E-state index in [9.17, 15) is 0 Å². The lowest BCUT2D eigenvalue weighted by Crippen LogP contribution is -2.09. The lowest BCUT2D eigenvalue weighted by atomic mass is 10.2. The van der Waals surface area contributed by atoms with Gasteiger partial charge in [-0.2, -0.15) is 0 Å². The van der Waals surface area contributed by atoms with Crippen LogP contribution in [0.1, 0.15) is 0 Å². The average Bonchev–Trinajstić information content (AvgIpc) is 1.99. The second-order valence-corrected chi connectivity index (χ2v) is 2.22. The molecule has 0 saturated heterocycles. The van der Waals surface area contributed by atoms with Crippen molar-refractivity contribution in [3.8, 4) is 0 Å². The Hall–Kier alpha value is -0.530. The molecule has 0 bridgehead atoms. The Bertz CT molecular complexity index is 159. The Morgan fingerprint density at radius 2 is 2.10 bits per heavy atom. The van der Waals surface area contributed by atoms with E-state index in [1.54, 1.807) is 12.2 Å². The van der Waals surface area contributed by atoms with Crippen molar-refractivity contribution in [2.24, 2.45) is 0 Å². The molecule has 0 aromatic heterocycles. The number of halogens is 1. The zero-order valence-electron chi connectivity index (χ0n) is 6.15. The van der Waals surface area contributed by atoms with Gasteiger partial charge in [-0.05, 0) is 12.6 Å². The lowest BCUT2D eigenvalue weighted by molar-refractivity contribution is 0.894. The Morgan fingerprint density at radius 3 is 2.40 bits per heavy atom. The third kappa shape index (κ3) is 2.85. The van der Waals surface area contributed by atoms with Crippen molar-refractivity contribution in [1.29, 1.82) is 0 Å². The van der Waals surface area contributed by atoms with Crippen molar-refractivity contribution in [1.82, 2.24) is 5.32 Å². The van der Waals surface area contributed by atoms with Gasteiger partial charge in [0.25, 0.3) is 0 Å². The average molecular weight is 158 g/mol. The van der Waals surface area contributed by atoms with Crippen LogP contribution in [0.2, 0.25) is 0 Å². The molecule has 56 valence electrons. The third-order valence-electron chi connectivity index (χ3n) is 1.10. The van der Waals surface area contributed by atoms with Gasteiger partial charge in [-0.25, -0.2) is 0 Å². The highest BCUT2D eigenvalue weighted by molar-refractivity contribution is 6.31. The largest absolute Gasteiger partial charge is 0.316 e. The third-order valence-corrected chi connectivity index (χ3v) is 1.50. The molecule has 0 amide bonds. The lowest BCUT2D eigenvalue weighted by Gasteiger charge is -2.00. The molecule has 0 aliphatic rings. The van der Waals surface area contributed by atoms with Crippen LogP contribution in [0.25, 0.3) is 0 Å². The Morgan fingerprint density at radius 1 is 1.50 bits per heavy atom. The van der Waals surface area contributed by atoms with Crippen LogP contribution >= 0.6 is 11.6 Å². The minimum Gasteiger partial charge on any atom is -0.316 e. The molecule has 0 saturated carbocycles. The van der Waals surface area contributed by atoms with Crippen LogP contribution in [-0.2, 0) is 0 Å². The Balaban J connectivity index is 4.28. The number of nitrogens with one attached hydrogen (secondary N) is 1. The molecule has 0 radical (unpaired) electrons. The minimum atomic E-state index is 0.657. The summed E-state index contributed by atoms with van der Waals surface area (Å²) < 4.78 is 0. The molecule has 10 heavy (non-hydrogen) atoms. The molecule has 0 aromatic rings. The van der Waals surface area contributed by atoms with E-state index < -0.39 is 0 Å². The summed E-state index contributed by atoms with van der Waals surface area (Å²) in [6.45, 7) is 7.90. The van der Waals surface area contributed by atoms with E-state index in [-0.39, 0.29) is 0 Å². The highest BCUT2D eigenvalue weighted by Crippen LogP contribution is 2.09. The molecular weight excluding hydrogens is 146 g/mol. The number of hydrogen-bond acceptors (Lipinski definition) is 1. The van der Waals surface area contributed by atoms with Gasteiger partial charge in [0, 0.05) is 11.6 Å². The van der Waals surface area contributed by atoms with Gasteiger partial charge in [-0.3, -0.25) is 0 Å². The summed E-state index contributed by atoms with van der Waals surface area (Å²) in [5.41, 5.74) is 0.971. The molecule has 1 nitrogen and oxygen atoms in total. The number of allylic oxidation sites excluding steroid dienone is 2. The standard InChI is InChI=1S/C8H12ClN/c1-4-7(6-10-3)8(9)5-2/h4-5,10H,1-2,6H2,3H3/b8-7-. The van der Waals surface area contributed by atoms with Crippen LogP contribution in [0.3, 0.4) is 0 Å². The molecule has 0 heterocycles. The van der Waals surface area contributed by atoms with E-state index in [0.29, 0.717) is 5.03 Å². The molecule has 0 atom stereocenters. The summed E-state index contributed by atoms with van der Waals surface area (Å²) >= 11 is 5.76. The fourth-order valence-corrected chi connectivity index (χ4v) is 0.720. The molecule has 2 heteroatoms. The predicted octanol–water partition coefficient (Wildman–Crippen LogP) is 2.07. The molecular formula is C8H12ClN. The van der Waals surface area contributed by atoms with E-state index in [1.807, 2.05) is 7.05 Å². The highest BCUT2D eigenvalue weighted by Gasteiger charge is 1.93. The van der Waals surface area contributed by atoms with Gasteiger partial charge in [0.05, 0.1) is 0 Å². The van der Waals surface area contributed by atoms with Crippen molar-refractivity contribution >= 4 is 11.6 Å². The SMILES string of the molecule is C=C/C(Cl)=C(\C=C)CNC. The first-order chi connectivity index (χ1) is 4.76. The van der Waals surface area contributed by atoms with Crippen molar-refractivity contribution < 1.29 is 0 Å². The van der Waals surface area contributed by atoms with Crippen LogP contribution in [0.5, 0.6) is 0 Å². The molecule has 0 aromatic carbocycles. The molecule has 1 N–H and O–H groups in total. The predicted molar refractivity (Wildman–Crippen MR) is 47.2 cm³/mol. The van der Waals surface area contributed by atoms with Gasteiger partial charge >= 0.3 is 0 Å². The maximum absolute atomic E-state index is 5.76. The summed E-state index contributed by atoms with van der Waals surface area (Å²) in [6.07, 6.45) is 3.33. The molecule has 0 fully saturated rings. The van der Waals surface area contributed by atoms with Crippen molar-refractivity contribution in [3.05, 3.63) is 35.9 Å². The molecule has 0 aliphatic carbocycles. The van der Waals surface area contributed by atoms with Crippen LogP contribution in [0, 0.1) is 0 Å². The maximum Gasteiger partial charge on any atom is 0.0444 e. The summed E-state index contributed by atoms with van der Waals surface area (Å²) in [5, 5.41) is 3.63. The van der Waals surface area contributed by atoms with Gasteiger partial charge in [0.2, 0.25) is 0 Å². The Kier molecular flexibility index (Phi) is 4.99. The topological polar surface area (TPSA) is 12.0 Å². The summed E-state index contributed by atoms with van der Waals surface area (Å²) in [5.74, 6) is 0. The van der Waals surface area contributed by atoms with Crippen LogP contribution in [-0.4, -0.2) is 13.6 Å². The second kappa shape index (κ2) is 5.27. The quantitative estimate of drug-likeness (QED) is 0.617. The molecule has 0 aliphatic heterocycles. The van der Waals surface area contributed by atoms with Crippen molar-refractivity contribution in [2.45, 2.75) is 0 Å². The van der Waals surface area contributed by atoms with Crippen LogP contribution in [0.15, 0.2) is 35.9 Å². The molecule has 0 spiro atoms. The number of rotatable bonds is 4. The first-order valence-electron chi connectivity index (χ1n) is 3.04. The first kappa shape index (κ1) is 9.47. The van der Waals surface area contributed by atoms with Crippen LogP contribution in [0.4, 0.5) is 0 Å². The fourth-order valence-electron chi connectivity index (χ4n) is 0.576. The zero-order valence-corrected chi connectivity index (χ0v) is 6.91. The normalized spacial score (nSPS) is 12.2. The maximum atomic E-state index is 5.76. The van der Waals surface area contributed by atoms with Crippen LogP contribution < -0.4 is 5.32 Å². The fraction of sp³-hybridized carbons (Fsp3) is 0.250. The smallest absolute Gasteiger partial charge is 0.0444 e. The summed E-state index contributed by atoms with van der Waals surface area (Å²) in [4.78, 5) is 0. The minimum absolute atomic E-state index is 0.657. The van der Waals surface area contributed by atoms with Gasteiger partial charge in [-0.15, -0.1) is 0 Å². The second-order valence-electron chi connectivity index (χ2n) is 1.81. The van der Waals surface area contributed by atoms with E-state index in [4.69, 9.17) is 11.6 Å². The molecule has 0 rings (SSSR count). The Labute approximate surface area is 67.1 Å². The van der Waals surface area contributed by atoms with Crippen molar-refractivity contribution in [3.63, 3.8) is 0 Å². The van der Waals surface area contributed by atoms with E-state index in [0.717, 1.165) is 12.1 Å². The van der Waals surface area contributed by atoms with E-state index >= 15 is 0 Å². The molecule has 0 unspecified atom stereocenters. The zero-order chi connectivity index (χ0) is 7.98. The number of likely N-dealkylation sites (N-methyl/N-ethyl adjacent to an activating group) is 1. The van der Waals surface area contributed by atoms with E-state index in [2.05, 4.69) is 18.5 Å². The first-order valence-corrected chi connectivity index (χ1v) is 3.42. The van der Waals surface area contributed by atoms with Crippen molar-refractivity contribution in [2.75, 3.05) is 13.6 Å². The number of hydrogen-bond donors (Lipinski definition) is 1. The van der Waals surface area contributed by atoms with Gasteiger partial charge < -0.3 is 5.32 Å². The highest BCUT2D eigenvalue weighted by atomic mass is 35.5. The summed E-state index contributed by atoms with van der Waals surface area (Å²) in [6, 6.07) is 0. The van der Waals surface area contributed by atoms with Gasteiger partial charge in [-0.1, -0.05) is 36.9 Å². The summed E-state index contributed by atoms with van der Waals surface area (Å²) in [7, 11) is 1.86. The monoisotopic (exact) mass is 157 g/mol. The van der Waals surface area contributed by atoms with Gasteiger partial charge in [0.1, 0.15) is 0 Å². The van der Waals surface area contributed by atoms with E-state index in [1.165, 1.54) is 0 Å². The van der Waals surface area contributed by atoms with Gasteiger partial charge in [0.15, 0.2) is 0 Å².